The topological polar surface area (TPSA) is 61.8 Å². The summed E-state index contributed by atoms with van der Waals surface area (Å²) in [5, 5.41) is 0. The number of hydrogen-bond acceptors (Lipinski definition) is 5. The molecule has 5 heteroatoms. The predicted octanol–water partition coefficient (Wildman–Crippen LogP) is 20.0. The predicted molar refractivity (Wildman–Crippen MR) is 297 cm³/mol. The second kappa shape index (κ2) is 58.4. The number of allylic oxidation sites excluding steroid dienone is 14. The van der Waals surface area contributed by atoms with Crippen LogP contribution in [-0.2, 0) is 23.8 Å². The van der Waals surface area contributed by atoms with Crippen molar-refractivity contribution in [2.75, 3.05) is 19.8 Å². The van der Waals surface area contributed by atoms with Crippen molar-refractivity contribution in [1.29, 1.82) is 0 Å². The van der Waals surface area contributed by atoms with E-state index in [-0.39, 0.29) is 25.2 Å². The number of ether oxygens (including phenoxy) is 3. The van der Waals surface area contributed by atoms with Crippen molar-refractivity contribution in [3.63, 3.8) is 0 Å². The van der Waals surface area contributed by atoms with Crippen LogP contribution in [0.1, 0.15) is 278 Å². The van der Waals surface area contributed by atoms with Crippen LogP contribution in [0.2, 0.25) is 0 Å². The first kappa shape index (κ1) is 65.1. The van der Waals surface area contributed by atoms with Crippen molar-refractivity contribution in [2.24, 2.45) is 0 Å². The molecule has 0 saturated carbocycles. The fraction of sp³-hybridized carbons (Fsp3) is 0.746. The van der Waals surface area contributed by atoms with Crippen LogP contribution in [0.25, 0.3) is 0 Å². The smallest absolute Gasteiger partial charge is 0.306 e. The molecule has 0 rings (SSSR count). The van der Waals surface area contributed by atoms with E-state index in [1.54, 1.807) is 0 Å². The van der Waals surface area contributed by atoms with E-state index in [1.807, 2.05) is 6.08 Å². The van der Waals surface area contributed by atoms with E-state index in [2.05, 4.69) is 99.8 Å². The summed E-state index contributed by atoms with van der Waals surface area (Å²) in [5.41, 5.74) is 0. The van der Waals surface area contributed by atoms with Crippen LogP contribution in [0.3, 0.4) is 0 Å². The minimum absolute atomic E-state index is 0.0424. The lowest BCUT2D eigenvalue weighted by Crippen LogP contribution is -2.30. The van der Waals surface area contributed by atoms with Crippen molar-refractivity contribution in [1.82, 2.24) is 0 Å². The monoisotopic (exact) mass is 947 g/mol. The molecule has 0 N–H and O–H groups in total. The largest absolute Gasteiger partial charge is 0.462 e. The molecule has 0 heterocycles. The number of esters is 2. The highest BCUT2D eigenvalue weighted by atomic mass is 16.6. The third-order valence-electron chi connectivity index (χ3n) is 12.4. The molecule has 0 radical (unpaired) electrons. The quantitative estimate of drug-likeness (QED) is 0.0345. The summed E-state index contributed by atoms with van der Waals surface area (Å²) in [6.07, 6.45) is 77.6. The Kier molecular flexibility index (Phi) is 55.9. The molecule has 0 aliphatic rings. The summed E-state index contributed by atoms with van der Waals surface area (Å²) >= 11 is 0. The maximum Gasteiger partial charge on any atom is 0.306 e. The van der Waals surface area contributed by atoms with Gasteiger partial charge in [-0.05, 0) is 83.5 Å². The molecule has 0 saturated heterocycles. The van der Waals surface area contributed by atoms with Gasteiger partial charge in [0.15, 0.2) is 6.10 Å². The van der Waals surface area contributed by atoms with Crippen molar-refractivity contribution >= 4 is 11.9 Å². The summed E-state index contributed by atoms with van der Waals surface area (Å²) in [6.45, 7) is 7.65. The van der Waals surface area contributed by atoms with Crippen LogP contribution < -0.4 is 0 Å². The van der Waals surface area contributed by atoms with Crippen LogP contribution in [-0.4, -0.2) is 37.9 Å². The number of unbranched alkanes of at least 4 members (excludes halogenated alkanes) is 28. The average molecular weight is 948 g/mol. The molecule has 68 heavy (non-hydrogen) atoms. The lowest BCUT2D eigenvalue weighted by atomic mass is 10.0. The van der Waals surface area contributed by atoms with Crippen LogP contribution in [0.5, 0.6) is 0 Å². The van der Waals surface area contributed by atoms with Gasteiger partial charge in [-0.25, -0.2) is 0 Å². The Hall–Kier alpha value is -2.92. The van der Waals surface area contributed by atoms with Gasteiger partial charge in [-0.1, -0.05) is 266 Å². The van der Waals surface area contributed by atoms with E-state index < -0.39 is 6.10 Å². The molecule has 1 unspecified atom stereocenters. The van der Waals surface area contributed by atoms with Crippen LogP contribution in [0.4, 0.5) is 0 Å². The first-order valence-corrected chi connectivity index (χ1v) is 29.1. The molecule has 5 nitrogen and oxygen atoms in total. The fourth-order valence-electron chi connectivity index (χ4n) is 8.12. The van der Waals surface area contributed by atoms with Crippen molar-refractivity contribution in [2.45, 2.75) is 284 Å². The maximum absolute atomic E-state index is 12.9. The van der Waals surface area contributed by atoms with Gasteiger partial charge in [-0.15, -0.1) is 0 Å². The molecule has 0 aromatic rings. The van der Waals surface area contributed by atoms with E-state index in [4.69, 9.17) is 14.2 Å². The van der Waals surface area contributed by atoms with Crippen molar-refractivity contribution in [3.8, 4) is 0 Å². The van der Waals surface area contributed by atoms with Gasteiger partial charge in [0.1, 0.15) is 6.61 Å². The molecular formula is C63H110O5. The van der Waals surface area contributed by atoms with Gasteiger partial charge < -0.3 is 14.2 Å². The van der Waals surface area contributed by atoms with Gasteiger partial charge >= 0.3 is 11.9 Å². The Balaban J connectivity index is 4.38. The van der Waals surface area contributed by atoms with Gasteiger partial charge in [0.25, 0.3) is 0 Å². The zero-order valence-electron chi connectivity index (χ0n) is 45.1. The third kappa shape index (κ3) is 55.7. The standard InChI is InChI=1S/C63H110O5/c1-4-7-10-13-16-19-22-25-28-31-32-34-35-38-41-44-47-50-53-56-62(64)67-60-61(59-66-58-55-52-49-46-43-40-37-30-27-24-21-18-15-12-9-6-3)68-63(65)57-54-51-48-45-42-39-36-33-29-26-23-20-17-14-11-8-5-2/h7,10,16,19,25,27-28,30,32,34,38,41,47,50,61H,4-6,8-9,11-15,17-18,20-24,26,29,31,33,35-37,39-40,42-46,48-49,51-60H2,1-3H3/b10-7-,19-16-,28-25-,30-27-,34-32-,41-38-,50-47-. The highest BCUT2D eigenvalue weighted by Crippen LogP contribution is 2.16. The van der Waals surface area contributed by atoms with Crippen LogP contribution in [0.15, 0.2) is 85.1 Å². The summed E-state index contributed by atoms with van der Waals surface area (Å²) in [6, 6.07) is 0. The number of carbonyl (C=O) groups excluding carboxylic acids is 2. The summed E-state index contributed by atoms with van der Waals surface area (Å²) < 4.78 is 17.4. The Bertz CT molecular complexity index is 1250. The Morgan fingerprint density at radius 1 is 0.338 bits per heavy atom. The van der Waals surface area contributed by atoms with Crippen LogP contribution in [0, 0.1) is 0 Å². The minimum Gasteiger partial charge on any atom is -0.462 e. The van der Waals surface area contributed by atoms with E-state index in [1.165, 1.54) is 173 Å². The summed E-state index contributed by atoms with van der Waals surface area (Å²) in [4.78, 5) is 25.5. The van der Waals surface area contributed by atoms with Gasteiger partial charge in [-0.3, -0.25) is 9.59 Å². The van der Waals surface area contributed by atoms with Gasteiger partial charge in [0.05, 0.1) is 6.61 Å². The zero-order chi connectivity index (χ0) is 49.2. The van der Waals surface area contributed by atoms with Crippen molar-refractivity contribution < 1.29 is 23.8 Å². The van der Waals surface area contributed by atoms with Gasteiger partial charge in [-0.2, -0.15) is 0 Å². The molecule has 0 aromatic heterocycles. The summed E-state index contributed by atoms with van der Waals surface area (Å²) in [7, 11) is 0. The average Bonchev–Trinajstić information content (AvgIpc) is 3.34. The molecule has 1 atom stereocenters. The van der Waals surface area contributed by atoms with Gasteiger partial charge in [0, 0.05) is 19.4 Å². The third-order valence-corrected chi connectivity index (χ3v) is 12.4. The number of rotatable bonds is 53. The first-order chi connectivity index (χ1) is 33.6. The Morgan fingerprint density at radius 3 is 1.12 bits per heavy atom. The summed E-state index contributed by atoms with van der Waals surface area (Å²) in [5.74, 6) is -0.488. The molecule has 0 bridgehead atoms. The second-order valence-electron chi connectivity index (χ2n) is 19.2. The maximum atomic E-state index is 12.9. The molecular weight excluding hydrogens is 837 g/mol. The molecule has 0 aliphatic heterocycles. The lowest BCUT2D eigenvalue weighted by Gasteiger charge is -2.18. The number of carbonyl (C=O) groups is 2. The minimum atomic E-state index is -0.572. The second-order valence-corrected chi connectivity index (χ2v) is 19.2. The Labute approximate surface area is 422 Å². The molecule has 0 fully saturated rings. The van der Waals surface area contributed by atoms with Crippen molar-refractivity contribution in [3.05, 3.63) is 85.1 Å². The normalized spacial score (nSPS) is 12.8. The van der Waals surface area contributed by atoms with Crippen LogP contribution >= 0.6 is 0 Å². The molecule has 0 spiro atoms. The number of hydrogen-bond donors (Lipinski definition) is 0. The molecule has 0 aromatic carbocycles. The van der Waals surface area contributed by atoms with E-state index in [9.17, 15) is 9.59 Å². The van der Waals surface area contributed by atoms with E-state index in [0.717, 1.165) is 64.2 Å². The SMILES string of the molecule is CC/C=C\C/C=C\C/C=C\C/C=C\C/C=C\C/C=C\CCC(=O)OCC(COCCCCCCCC/C=C\CCCCCCCC)OC(=O)CCCCCCCCCCCCCCCCCCC. The fourth-order valence-corrected chi connectivity index (χ4v) is 8.12. The molecule has 0 aliphatic carbocycles. The van der Waals surface area contributed by atoms with Gasteiger partial charge in [0.2, 0.25) is 0 Å². The lowest BCUT2D eigenvalue weighted by molar-refractivity contribution is -0.162. The Morgan fingerprint density at radius 2 is 0.691 bits per heavy atom. The highest BCUT2D eigenvalue weighted by molar-refractivity contribution is 5.70. The van der Waals surface area contributed by atoms with E-state index in [0.29, 0.717) is 25.9 Å². The molecule has 392 valence electrons. The first-order valence-electron chi connectivity index (χ1n) is 29.1. The van der Waals surface area contributed by atoms with E-state index >= 15 is 0 Å². The zero-order valence-corrected chi connectivity index (χ0v) is 45.1. The molecule has 0 amide bonds. The highest BCUT2D eigenvalue weighted by Gasteiger charge is 2.17.